The van der Waals surface area contributed by atoms with Crippen LogP contribution >= 0.6 is 23.2 Å². The van der Waals surface area contributed by atoms with E-state index in [0.717, 1.165) is 5.69 Å². The topological polar surface area (TPSA) is 103 Å². The van der Waals surface area contributed by atoms with Crippen LogP contribution in [0.3, 0.4) is 0 Å². The van der Waals surface area contributed by atoms with E-state index >= 15 is 0 Å². The van der Waals surface area contributed by atoms with Gasteiger partial charge in [0.15, 0.2) is 11.1 Å². The number of nitrogens with two attached hydrogens (primary N) is 1. The molecule has 0 fully saturated rings. The van der Waals surface area contributed by atoms with Gasteiger partial charge in [-0.25, -0.2) is 9.97 Å². The van der Waals surface area contributed by atoms with Gasteiger partial charge < -0.3 is 15.6 Å². The largest absolute Gasteiger partial charge is 0.383 e. The normalized spacial score (nSPS) is 10.8. The predicted octanol–water partition coefficient (Wildman–Crippen LogP) is 3.92. The number of benzene rings is 2. The van der Waals surface area contributed by atoms with Gasteiger partial charge in [0.05, 0.1) is 10.6 Å². The van der Waals surface area contributed by atoms with Crippen molar-refractivity contribution in [2.75, 3.05) is 11.1 Å². The monoisotopic (exact) mass is 425 g/mol. The summed E-state index contributed by atoms with van der Waals surface area (Å²) in [6.45, 7) is 0. The molecule has 0 unspecified atom stereocenters. The highest BCUT2D eigenvalue weighted by Crippen LogP contribution is 2.23. The minimum absolute atomic E-state index is 0.123. The summed E-state index contributed by atoms with van der Waals surface area (Å²) in [6.07, 6.45) is 2.91. The van der Waals surface area contributed by atoms with Crippen molar-refractivity contribution in [3.63, 3.8) is 0 Å². The first kappa shape index (κ1) is 18.9. The molecule has 9 heteroatoms. The van der Waals surface area contributed by atoms with Crippen molar-refractivity contribution in [2.24, 2.45) is 0 Å². The Bertz CT molecular complexity index is 1300. The number of fused-ring (bicyclic) bond motifs is 1. The highest BCUT2D eigenvalue weighted by atomic mass is 35.5. The molecule has 4 aromatic rings. The van der Waals surface area contributed by atoms with Crippen LogP contribution in [0.1, 0.15) is 10.4 Å². The van der Waals surface area contributed by atoms with Gasteiger partial charge in [-0.05, 0) is 42.5 Å². The molecule has 4 rings (SSSR count). The Balaban J connectivity index is 1.64. The van der Waals surface area contributed by atoms with Crippen molar-refractivity contribution >= 4 is 51.6 Å². The Morgan fingerprint density at radius 3 is 2.52 bits per heavy atom. The molecule has 0 saturated carbocycles. The van der Waals surface area contributed by atoms with Crippen LogP contribution in [-0.4, -0.2) is 20.4 Å². The fraction of sp³-hybridized carbons (Fsp3) is 0. The summed E-state index contributed by atoms with van der Waals surface area (Å²) in [7, 11) is 0. The number of pyridine rings is 1. The zero-order valence-corrected chi connectivity index (χ0v) is 16.3. The zero-order valence-electron chi connectivity index (χ0n) is 14.8. The molecule has 2 aromatic heterocycles. The summed E-state index contributed by atoms with van der Waals surface area (Å²) < 4.78 is 1.72. The fourth-order valence-corrected chi connectivity index (χ4v) is 3.38. The average Bonchev–Trinajstić information content (AvgIpc) is 2.69. The first-order valence-electron chi connectivity index (χ1n) is 8.43. The van der Waals surface area contributed by atoms with Crippen molar-refractivity contribution in [3.05, 3.63) is 86.9 Å². The van der Waals surface area contributed by atoms with E-state index in [2.05, 4.69) is 15.3 Å². The van der Waals surface area contributed by atoms with E-state index in [0.29, 0.717) is 21.9 Å². The molecule has 3 N–H and O–H groups in total. The summed E-state index contributed by atoms with van der Waals surface area (Å²) in [5.41, 5.74) is 7.60. The molecule has 0 spiro atoms. The van der Waals surface area contributed by atoms with E-state index < -0.39 is 0 Å². The van der Waals surface area contributed by atoms with Crippen LogP contribution in [0, 0.1) is 0 Å². The summed E-state index contributed by atoms with van der Waals surface area (Å²) in [6, 6.07) is 13.1. The van der Waals surface area contributed by atoms with Gasteiger partial charge in [0.1, 0.15) is 17.5 Å². The molecule has 0 aliphatic heterocycles. The predicted molar refractivity (Wildman–Crippen MR) is 114 cm³/mol. The van der Waals surface area contributed by atoms with E-state index in [1.54, 1.807) is 47.2 Å². The zero-order chi connectivity index (χ0) is 20.5. The lowest BCUT2D eigenvalue weighted by atomic mass is 10.2. The molecule has 0 aliphatic carbocycles. The van der Waals surface area contributed by atoms with Crippen LogP contribution in [0.4, 0.5) is 11.5 Å². The SMILES string of the molecule is Nc1ncnc2c1c(=O)ccn2-c1ccc(NC(=O)c2ccc(Cl)cc2Cl)cc1. The van der Waals surface area contributed by atoms with Gasteiger partial charge in [-0.1, -0.05) is 23.2 Å². The highest BCUT2D eigenvalue weighted by Gasteiger charge is 2.12. The first-order chi connectivity index (χ1) is 13.9. The van der Waals surface area contributed by atoms with Gasteiger partial charge >= 0.3 is 0 Å². The van der Waals surface area contributed by atoms with Crippen LogP contribution in [0.25, 0.3) is 16.7 Å². The molecule has 0 aliphatic rings. The molecule has 2 heterocycles. The van der Waals surface area contributed by atoms with Crippen LogP contribution in [-0.2, 0) is 0 Å². The standard InChI is InChI=1S/C20H13Cl2N5O2/c21-11-1-6-14(15(22)9-11)20(29)26-12-2-4-13(5-3-12)27-8-7-16(28)17-18(23)24-10-25-19(17)27/h1-10H,(H,26,29)(H2,23,24,25). The number of carbonyl (C=O) groups excluding carboxylic acids is 1. The number of nitrogen functional groups attached to an aromatic ring is 1. The van der Waals surface area contributed by atoms with Gasteiger partial charge in [-0.3, -0.25) is 9.59 Å². The maximum Gasteiger partial charge on any atom is 0.257 e. The van der Waals surface area contributed by atoms with Crippen molar-refractivity contribution < 1.29 is 4.79 Å². The van der Waals surface area contributed by atoms with Gasteiger partial charge in [0.2, 0.25) is 0 Å². The highest BCUT2D eigenvalue weighted by molar-refractivity contribution is 6.37. The lowest BCUT2D eigenvalue weighted by molar-refractivity contribution is 0.102. The van der Waals surface area contributed by atoms with Gasteiger partial charge in [-0.2, -0.15) is 0 Å². The third-order valence-electron chi connectivity index (χ3n) is 4.29. The molecule has 0 saturated heterocycles. The number of rotatable bonds is 3. The Labute approximate surface area is 174 Å². The molecule has 29 heavy (non-hydrogen) atoms. The second-order valence-corrected chi connectivity index (χ2v) is 6.98. The lowest BCUT2D eigenvalue weighted by Crippen LogP contribution is -2.13. The summed E-state index contributed by atoms with van der Waals surface area (Å²) in [5, 5.41) is 3.76. The Kier molecular flexibility index (Phi) is 4.92. The third-order valence-corrected chi connectivity index (χ3v) is 4.83. The second-order valence-electron chi connectivity index (χ2n) is 6.13. The minimum Gasteiger partial charge on any atom is -0.383 e. The average molecular weight is 426 g/mol. The number of halogens is 2. The number of carbonyl (C=O) groups is 1. The number of hydrogen-bond acceptors (Lipinski definition) is 5. The number of amides is 1. The molecule has 0 bridgehead atoms. The number of hydrogen-bond donors (Lipinski definition) is 2. The third kappa shape index (κ3) is 3.65. The molecular formula is C20H13Cl2N5O2. The van der Waals surface area contributed by atoms with Crippen molar-refractivity contribution in [2.45, 2.75) is 0 Å². The maximum atomic E-state index is 12.4. The van der Waals surface area contributed by atoms with Gasteiger partial charge in [0, 0.05) is 28.7 Å². The quantitative estimate of drug-likeness (QED) is 0.517. The molecule has 0 radical (unpaired) electrons. The number of anilines is 2. The van der Waals surface area contributed by atoms with E-state index in [4.69, 9.17) is 28.9 Å². The lowest BCUT2D eigenvalue weighted by Gasteiger charge is -2.12. The van der Waals surface area contributed by atoms with Gasteiger partial charge in [0.25, 0.3) is 5.91 Å². The van der Waals surface area contributed by atoms with E-state index in [1.807, 2.05) is 0 Å². The first-order valence-corrected chi connectivity index (χ1v) is 9.18. The summed E-state index contributed by atoms with van der Waals surface area (Å²) >= 11 is 11.9. The van der Waals surface area contributed by atoms with Crippen LogP contribution in [0.15, 0.2) is 65.8 Å². The Hall–Kier alpha value is -3.42. The second kappa shape index (κ2) is 7.54. The Morgan fingerprint density at radius 2 is 1.79 bits per heavy atom. The Morgan fingerprint density at radius 1 is 1.03 bits per heavy atom. The van der Waals surface area contributed by atoms with Crippen LogP contribution in [0.2, 0.25) is 10.0 Å². The van der Waals surface area contributed by atoms with E-state index in [9.17, 15) is 9.59 Å². The van der Waals surface area contributed by atoms with Crippen molar-refractivity contribution in [1.29, 1.82) is 0 Å². The molecule has 7 nitrogen and oxygen atoms in total. The number of aromatic nitrogens is 3. The van der Waals surface area contributed by atoms with E-state index in [-0.39, 0.29) is 27.6 Å². The maximum absolute atomic E-state index is 12.4. The van der Waals surface area contributed by atoms with Gasteiger partial charge in [-0.15, -0.1) is 0 Å². The minimum atomic E-state index is -0.353. The number of nitrogens with one attached hydrogen (secondary N) is 1. The van der Waals surface area contributed by atoms with E-state index in [1.165, 1.54) is 18.5 Å². The fourth-order valence-electron chi connectivity index (χ4n) is 2.89. The summed E-state index contributed by atoms with van der Waals surface area (Å²) in [5.74, 6) is -0.230. The molecule has 144 valence electrons. The summed E-state index contributed by atoms with van der Waals surface area (Å²) in [4.78, 5) is 32.6. The molecule has 0 atom stereocenters. The van der Waals surface area contributed by atoms with Crippen LogP contribution < -0.4 is 16.5 Å². The van der Waals surface area contributed by atoms with Crippen LogP contribution in [0.5, 0.6) is 0 Å². The molecule has 1 amide bonds. The van der Waals surface area contributed by atoms with Crippen molar-refractivity contribution in [3.8, 4) is 5.69 Å². The smallest absolute Gasteiger partial charge is 0.257 e. The molecular weight excluding hydrogens is 413 g/mol. The van der Waals surface area contributed by atoms with Crippen molar-refractivity contribution in [1.82, 2.24) is 14.5 Å². The molecule has 2 aromatic carbocycles. The number of nitrogens with zero attached hydrogens (tertiary/aromatic N) is 3.